The van der Waals surface area contributed by atoms with Gasteiger partial charge in [0.15, 0.2) is 0 Å². The van der Waals surface area contributed by atoms with Crippen LogP contribution in [0.1, 0.15) is 44.9 Å². The zero-order valence-corrected chi connectivity index (χ0v) is 13.3. The molecule has 5 nitrogen and oxygen atoms in total. The van der Waals surface area contributed by atoms with Gasteiger partial charge in [0.25, 0.3) is 0 Å². The first kappa shape index (κ1) is 16.6. The van der Waals surface area contributed by atoms with Gasteiger partial charge in [0.1, 0.15) is 6.04 Å². The van der Waals surface area contributed by atoms with Gasteiger partial charge in [0, 0.05) is 5.25 Å². The number of carboxylic acid groups (broad SMARTS) is 1. The molecular formula is C15H26N2O3S. The summed E-state index contributed by atoms with van der Waals surface area (Å²) in [6, 6.07) is -0.702. The maximum atomic E-state index is 12.0. The normalized spacial score (nSPS) is 22.7. The predicted octanol–water partition coefficient (Wildman–Crippen LogP) is 1.62. The van der Waals surface area contributed by atoms with Gasteiger partial charge >= 0.3 is 5.97 Å². The standard InChI is InChI=1S/C15H26N2O3S/c18-13(10-21-12-6-8-16-9-7-12)17-14(15(19)20)11-4-2-1-3-5-11/h11-12,14,16H,1-10H2,(H,17,18)(H,19,20). The van der Waals surface area contributed by atoms with Crippen molar-refractivity contribution in [3.8, 4) is 0 Å². The lowest BCUT2D eigenvalue weighted by Crippen LogP contribution is -2.47. The lowest BCUT2D eigenvalue weighted by Gasteiger charge is -2.28. The van der Waals surface area contributed by atoms with Crippen molar-refractivity contribution in [2.45, 2.75) is 56.2 Å². The number of piperidine rings is 1. The topological polar surface area (TPSA) is 78.4 Å². The smallest absolute Gasteiger partial charge is 0.326 e. The molecule has 3 N–H and O–H groups in total. The van der Waals surface area contributed by atoms with E-state index >= 15 is 0 Å². The third-order valence-corrected chi connectivity index (χ3v) is 5.81. The van der Waals surface area contributed by atoms with Crippen molar-refractivity contribution >= 4 is 23.6 Å². The Morgan fingerprint density at radius 1 is 1.14 bits per heavy atom. The van der Waals surface area contributed by atoms with Gasteiger partial charge in [-0.25, -0.2) is 4.79 Å². The average Bonchev–Trinajstić information content (AvgIpc) is 2.52. The number of thioether (sulfide) groups is 1. The van der Waals surface area contributed by atoms with Gasteiger partial charge in [-0.3, -0.25) is 4.79 Å². The molecule has 1 amide bonds. The lowest BCUT2D eigenvalue weighted by molar-refractivity contribution is -0.143. The second kappa shape index (κ2) is 8.63. The molecule has 6 heteroatoms. The summed E-state index contributed by atoms with van der Waals surface area (Å²) in [5, 5.41) is 15.9. The first-order chi connectivity index (χ1) is 10.2. The fraction of sp³-hybridized carbons (Fsp3) is 0.867. The molecule has 1 saturated carbocycles. The van der Waals surface area contributed by atoms with Crippen molar-refractivity contribution in [2.24, 2.45) is 5.92 Å². The minimum Gasteiger partial charge on any atom is -0.480 e. The Labute approximate surface area is 130 Å². The molecule has 2 fully saturated rings. The minimum atomic E-state index is -0.887. The summed E-state index contributed by atoms with van der Waals surface area (Å²) >= 11 is 1.66. The summed E-state index contributed by atoms with van der Waals surface area (Å²) < 4.78 is 0. The Morgan fingerprint density at radius 2 is 1.81 bits per heavy atom. The molecule has 0 aromatic rings. The van der Waals surface area contributed by atoms with Crippen molar-refractivity contribution < 1.29 is 14.7 Å². The van der Waals surface area contributed by atoms with Crippen LogP contribution < -0.4 is 10.6 Å². The van der Waals surface area contributed by atoms with Crippen molar-refractivity contribution in [2.75, 3.05) is 18.8 Å². The molecule has 1 heterocycles. The SMILES string of the molecule is O=C(CSC1CCNCC1)NC(C(=O)O)C1CCCCC1. The molecule has 1 atom stereocenters. The van der Waals surface area contributed by atoms with E-state index in [-0.39, 0.29) is 11.8 Å². The lowest BCUT2D eigenvalue weighted by atomic mass is 9.84. The molecule has 2 rings (SSSR count). The maximum Gasteiger partial charge on any atom is 0.326 e. The Hall–Kier alpha value is -0.750. The molecule has 1 aliphatic heterocycles. The van der Waals surface area contributed by atoms with Crippen LogP contribution in [0, 0.1) is 5.92 Å². The van der Waals surface area contributed by atoms with Crippen LogP contribution in [0.15, 0.2) is 0 Å². The number of aliphatic carboxylic acids is 1. The van der Waals surface area contributed by atoms with Crippen molar-refractivity contribution in [1.82, 2.24) is 10.6 Å². The van der Waals surface area contributed by atoms with E-state index in [0.29, 0.717) is 11.0 Å². The highest BCUT2D eigenvalue weighted by atomic mass is 32.2. The predicted molar refractivity (Wildman–Crippen MR) is 84.5 cm³/mol. The molecule has 21 heavy (non-hydrogen) atoms. The molecule has 2 aliphatic rings. The minimum absolute atomic E-state index is 0.101. The van der Waals surface area contributed by atoms with Gasteiger partial charge in [0.05, 0.1) is 5.75 Å². The molecule has 0 spiro atoms. The summed E-state index contributed by atoms with van der Waals surface area (Å²) in [5.41, 5.74) is 0. The number of hydrogen-bond donors (Lipinski definition) is 3. The van der Waals surface area contributed by atoms with E-state index in [1.165, 1.54) is 6.42 Å². The van der Waals surface area contributed by atoms with Gasteiger partial charge < -0.3 is 15.7 Å². The van der Waals surface area contributed by atoms with E-state index in [0.717, 1.165) is 51.6 Å². The molecule has 0 aromatic heterocycles. The highest BCUT2D eigenvalue weighted by Crippen LogP contribution is 2.27. The van der Waals surface area contributed by atoms with Gasteiger partial charge in [-0.2, -0.15) is 0 Å². The van der Waals surface area contributed by atoms with E-state index in [2.05, 4.69) is 10.6 Å². The zero-order valence-electron chi connectivity index (χ0n) is 12.5. The fourth-order valence-corrected chi connectivity index (χ4v) is 4.26. The van der Waals surface area contributed by atoms with Crippen molar-refractivity contribution in [1.29, 1.82) is 0 Å². The molecule has 0 bridgehead atoms. The number of nitrogens with one attached hydrogen (secondary N) is 2. The van der Waals surface area contributed by atoms with E-state index < -0.39 is 12.0 Å². The second-order valence-corrected chi connectivity index (χ2v) is 7.33. The van der Waals surface area contributed by atoms with Crippen LogP contribution in [0.3, 0.4) is 0 Å². The van der Waals surface area contributed by atoms with E-state index in [9.17, 15) is 14.7 Å². The van der Waals surface area contributed by atoms with Crippen LogP contribution in [0.5, 0.6) is 0 Å². The molecule has 1 aliphatic carbocycles. The van der Waals surface area contributed by atoms with Crippen LogP contribution >= 0.6 is 11.8 Å². The summed E-state index contributed by atoms with van der Waals surface area (Å²) in [4.78, 5) is 23.4. The second-order valence-electron chi connectivity index (χ2n) is 6.04. The Morgan fingerprint density at radius 3 is 2.43 bits per heavy atom. The third kappa shape index (κ3) is 5.51. The number of rotatable bonds is 6. The maximum absolute atomic E-state index is 12.0. The van der Waals surface area contributed by atoms with E-state index in [1.54, 1.807) is 11.8 Å². The van der Waals surface area contributed by atoms with E-state index in [1.807, 2.05) is 0 Å². The monoisotopic (exact) mass is 314 g/mol. The highest BCUT2D eigenvalue weighted by molar-refractivity contribution is 8.00. The Balaban J connectivity index is 1.76. The molecule has 120 valence electrons. The number of carbonyl (C=O) groups excluding carboxylic acids is 1. The fourth-order valence-electron chi connectivity index (χ4n) is 3.22. The van der Waals surface area contributed by atoms with Crippen LogP contribution in [0.25, 0.3) is 0 Å². The largest absolute Gasteiger partial charge is 0.480 e. The number of amides is 1. The Kier molecular flexibility index (Phi) is 6.83. The molecule has 0 radical (unpaired) electrons. The van der Waals surface area contributed by atoms with Crippen LogP contribution in [0.2, 0.25) is 0 Å². The van der Waals surface area contributed by atoms with Crippen molar-refractivity contribution in [3.63, 3.8) is 0 Å². The number of carbonyl (C=O) groups is 2. The highest BCUT2D eigenvalue weighted by Gasteiger charge is 2.30. The quantitative estimate of drug-likeness (QED) is 0.694. The summed E-state index contributed by atoms with van der Waals surface area (Å²) in [6.07, 6.45) is 7.34. The van der Waals surface area contributed by atoms with E-state index in [4.69, 9.17) is 0 Å². The third-order valence-electron chi connectivity index (χ3n) is 4.44. The summed E-state index contributed by atoms with van der Waals surface area (Å²) in [6.45, 7) is 2.03. The molecule has 1 saturated heterocycles. The van der Waals surface area contributed by atoms with Gasteiger partial charge in [-0.15, -0.1) is 11.8 Å². The summed E-state index contributed by atoms with van der Waals surface area (Å²) in [7, 11) is 0. The first-order valence-electron chi connectivity index (χ1n) is 8.01. The zero-order chi connectivity index (χ0) is 15.1. The van der Waals surface area contributed by atoms with Crippen LogP contribution in [0.4, 0.5) is 0 Å². The van der Waals surface area contributed by atoms with Crippen LogP contribution in [-0.2, 0) is 9.59 Å². The molecule has 1 unspecified atom stereocenters. The average molecular weight is 314 g/mol. The van der Waals surface area contributed by atoms with Crippen molar-refractivity contribution in [3.05, 3.63) is 0 Å². The number of hydrogen-bond acceptors (Lipinski definition) is 4. The Bertz CT molecular complexity index is 353. The number of carboxylic acids is 1. The first-order valence-corrected chi connectivity index (χ1v) is 9.06. The van der Waals surface area contributed by atoms with Crippen LogP contribution in [-0.4, -0.2) is 47.1 Å². The molecular weight excluding hydrogens is 288 g/mol. The van der Waals surface area contributed by atoms with Gasteiger partial charge in [0.2, 0.25) is 5.91 Å². The van der Waals surface area contributed by atoms with Gasteiger partial charge in [-0.05, 0) is 44.7 Å². The summed E-state index contributed by atoms with van der Waals surface area (Å²) in [5.74, 6) is -0.538. The molecule has 0 aromatic carbocycles. The van der Waals surface area contributed by atoms with Gasteiger partial charge in [-0.1, -0.05) is 19.3 Å².